The van der Waals surface area contributed by atoms with E-state index in [1.54, 1.807) is 20.4 Å². The van der Waals surface area contributed by atoms with Gasteiger partial charge in [0.15, 0.2) is 16.6 Å². The molecule has 0 fully saturated rings. The van der Waals surface area contributed by atoms with Crippen LogP contribution in [0.5, 0.6) is 11.5 Å². The van der Waals surface area contributed by atoms with Crippen molar-refractivity contribution in [1.82, 2.24) is 10.7 Å². The van der Waals surface area contributed by atoms with Gasteiger partial charge in [-0.1, -0.05) is 0 Å². The largest absolute Gasteiger partial charge is 0.493 e. The molecule has 0 spiro atoms. The Morgan fingerprint density at radius 3 is 2.68 bits per heavy atom. The van der Waals surface area contributed by atoms with Crippen LogP contribution in [0, 0.1) is 0 Å². The maximum atomic E-state index is 5.64. The third-order valence-corrected chi connectivity index (χ3v) is 2.45. The van der Waals surface area contributed by atoms with E-state index < -0.39 is 0 Å². The van der Waals surface area contributed by atoms with Crippen molar-refractivity contribution in [2.45, 2.75) is 20.0 Å². The zero-order chi connectivity index (χ0) is 14.3. The predicted octanol–water partition coefficient (Wildman–Crippen LogP) is 1.91. The summed E-state index contributed by atoms with van der Waals surface area (Å²) in [6.07, 6.45) is 1.76. The smallest absolute Gasteiger partial charge is 0.186 e. The van der Waals surface area contributed by atoms with E-state index in [0.29, 0.717) is 16.6 Å². The predicted molar refractivity (Wildman–Crippen MR) is 81.1 cm³/mol. The lowest BCUT2D eigenvalue weighted by Gasteiger charge is -2.13. The highest BCUT2D eigenvalue weighted by molar-refractivity contribution is 7.80. The first kappa shape index (κ1) is 15.2. The van der Waals surface area contributed by atoms with Crippen LogP contribution < -0.4 is 20.2 Å². The molecule has 0 aromatic heterocycles. The Morgan fingerprint density at radius 2 is 2.11 bits per heavy atom. The second-order valence-corrected chi connectivity index (χ2v) is 4.43. The number of thiocarbonyl (C=S) groups is 1. The molecule has 2 N–H and O–H groups in total. The number of methoxy groups -OCH3 is 1. The molecule has 5 nitrogen and oxygen atoms in total. The topological polar surface area (TPSA) is 54.9 Å². The van der Waals surface area contributed by atoms with E-state index in [2.05, 4.69) is 15.8 Å². The van der Waals surface area contributed by atoms with Gasteiger partial charge in [0.2, 0.25) is 0 Å². The minimum Gasteiger partial charge on any atom is -0.493 e. The van der Waals surface area contributed by atoms with Gasteiger partial charge >= 0.3 is 0 Å². The van der Waals surface area contributed by atoms with Gasteiger partial charge in [-0.15, -0.1) is 0 Å². The summed E-state index contributed by atoms with van der Waals surface area (Å²) in [6, 6.07) is 5.61. The number of nitrogens with zero attached hydrogens (tertiary/aromatic N) is 1. The molecule has 0 saturated heterocycles. The summed E-state index contributed by atoms with van der Waals surface area (Å²) < 4.78 is 10.9. The van der Waals surface area contributed by atoms with Gasteiger partial charge in [0, 0.05) is 7.05 Å². The molecule has 0 aliphatic rings. The number of nitrogens with one attached hydrogen (secondary N) is 2. The molecule has 0 radical (unpaired) electrons. The van der Waals surface area contributed by atoms with E-state index >= 15 is 0 Å². The van der Waals surface area contributed by atoms with Crippen LogP contribution in [0.3, 0.4) is 0 Å². The second-order valence-electron chi connectivity index (χ2n) is 4.03. The van der Waals surface area contributed by atoms with Crippen molar-refractivity contribution in [3.8, 4) is 11.5 Å². The van der Waals surface area contributed by atoms with Crippen molar-refractivity contribution in [3.63, 3.8) is 0 Å². The number of hydrogen-bond acceptors (Lipinski definition) is 4. The number of rotatable bonds is 5. The first-order valence-corrected chi connectivity index (χ1v) is 6.33. The fourth-order valence-corrected chi connectivity index (χ4v) is 1.39. The summed E-state index contributed by atoms with van der Waals surface area (Å²) in [5, 5.41) is 7.23. The third-order valence-electron chi connectivity index (χ3n) is 2.16. The molecule has 19 heavy (non-hydrogen) atoms. The summed E-state index contributed by atoms with van der Waals surface area (Å²) in [5.41, 5.74) is 3.57. The van der Waals surface area contributed by atoms with Gasteiger partial charge in [0.05, 0.1) is 19.4 Å². The Hall–Kier alpha value is -1.82. The van der Waals surface area contributed by atoms with Gasteiger partial charge in [0.25, 0.3) is 0 Å². The molecule has 0 amide bonds. The zero-order valence-corrected chi connectivity index (χ0v) is 12.4. The molecule has 104 valence electrons. The second kappa shape index (κ2) is 7.58. The van der Waals surface area contributed by atoms with Gasteiger partial charge in [-0.2, -0.15) is 5.10 Å². The molecule has 1 aromatic carbocycles. The monoisotopic (exact) mass is 281 g/mol. The van der Waals surface area contributed by atoms with Gasteiger partial charge in [-0.3, -0.25) is 5.43 Å². The van der Waals surface area contributed by atoms with Crippen molar-refractivity contribution < 1.29 is 9.47 Å². The van der Waals surface area contributed by atoms with Crippen molar-refractivity contribution in [2.75, 3.05) is 14.2 Å². The highest BCUT2D eigenvalue weighted by atomic mass is 32.1. The molecule has 1 rings (SSSR count). The number of hydrazone groups is 1. The van der Waals surface area contributed by atoms with E-state index in [1.165, 1.54) is 0 Å². The lowest BCUT2D eigenvalue weighted by molar-refractivity contribution is 0.230. The summed E-state index contributed by atoms with van der Waals surface area (Å²) in [6.45, 7) is 3.94. The van der Waals surface area contributed by atoms with E-state index in [1.807, 2.05) is 32.0 Å². The molecule has 0 atom stereocenters. The summed E-state index contributed by atoms with van der Waals surface area (Å²) in [7, 11) is 3.34. The Kier molecular flexibility index (Phi) is 6.08. The fourth-order valence-electron chi connectivity index (χ4n) is 1.34. The average Bonchev–Trinajstić information content (AvgIpc) is 2.39. The summed E-state index contributed by atoms with van der Waals surface area (Å²) >= 11 is 4.91. The molecule has 0 heterocycles. The number of hydrogen-bond donors (Lipinski definition) is 2. The van der Waals surface area contributed by atoms with Crippen LogP contribution in [0.4, 0.5) is 0 Å². The molecule has 0 aliphatic carbocycles. The highest BCUT2D eigenvalue weighted by Crippen LogP contribution is 2.28. The quantitative estimate of drug-likeness (QED) is 0.490. The van der Waals surface area contributed by atoms with Crippen LogP contribution in [-0.2, 0) is 0 Å². The molecule has 1 aromatic rings. The Balaban J connectivity index is 2.79. The standard InChI is InChI=1S/C13H19N3O2S/c1-9(2)18-11-6-5-10(7-12(11)17-4)8-15-16-13(19)14-3/h5-9H,1-4H3,(H2,14,16,19)/b15-8-. The Morgan fingerprint density at radius 1 is 1.37 bits per heavy atom. The van der Waals surface area contributed by atoms with E-state index in [9.17, 15) is 0 Å². The van der Waals surface area contributed by atoms with Gasteiger partial charge in [-0.25, -0.2) is 0 Å². The van der Waals surface area contributed by atoms with Crippen molar-refractivity contribution in [1.29, 1.82) is 0 Å². The van der Waals surface area contributed by atoms with E-state index in [0.717, 1.165) is 5.56 Å². The van der Waals surface area contributed by atoms with Crippen LogP contribution in [0.25, 0.3) is 0 Å². The SMILES string of the molecule is CNC(=S)N/N=C\c1ccc(OC(C)C)c(OC)c1. The highest BCUT2D eigenvalue weighted by Gasteiger charge is 2.06. The Labute approximate surface area is 119 Å². The van der Waals surface area contributed by atoms with Crippen LogP contribution in [0.15, 0.2) is 23.3 Å². The molecule has 0 unspecified atom stereocenters. The van der Waals surface area contributed by atoms with Gasteiger partial charge < -0.3 is 14.8 Å². The van der Waals surface area contributed by atoms with Crippen LogP contribution in [-0.4, -0.2) is 31.6 Å². The average molecular weight is 281 g/mol. The normalized spacial score (nSPS) is 10.6. The van der Waals surface area contributed by atoms with Crippen LogP contribution in [0.2, 0.25) is 0 Å². The Bertz CT molecular complexity index is 461. The van der Waals surface area contributed by atoms with Crippen molar-refractivity contribution >= 4 is 23.5 Å². The first-order valence-electron chi connectivity index (χ1n) is 5.92. The van der Waals surface area contributed by atoms with E-state index in [-0.39, 0.29) is 6.10 Å². The third kappa shape index (κ3) is 5.13. The maximum absolute atomic E-state index is 5.64. The van der Waals surface area contributed by atoms with E-state index in [4.69, 9.17) is 21.7 Å². The van der Waals surface area contributed by atoms with Crippen LogP contribution in [0.1, 0.15) is 19.4 Å². The lowest BCUT2D eigenvalue weighted by atomic mass is 10.2. The maximum Gasteiger partial charge on any atom is 0.186 e. The van der Waals surface area contributed by atoms with Crippen molar-refractivity contribution in [2.24, 2.45) is 5.10 Å². The molecule has 0 aliphatic heterocycles. The van der Waals surface area contributed by atoms with Crippen LogP contribution >= 0.6 is 12.2 Å². The molecule has 6 heteroatoms. The van der Waals surface area contributed by atoms with Crippen molar-refractivity contribution in [3.05, 3.63) is 23.8 Å². The molecule has 0 saturated carbocycles. The summed E-state index contributed by atoms with van der Waals surface area (Å²) in [5.74, 6) is 1.39. The molecular formula is C13H19N3O2S. The number of ether oxygens (including phenoxy) is 2. The van der Waals surface area contributed by atoms with Gasteiger partial charge in [-0.05, 0) is 49.8 Å². The minimum atomic E-state index is 0.100. The van der Waals surface area contributed by atoms with Gasteiger partial charge in [0.1, 0.15) is 0 Å². The summed E-state index contributed by atoms with van der Waals surface area (Å²) in [4.78, 5) is 0. The zero-order valence-electron chi connectivity index (χ0n) is 11.6. The molecule has 0 bridgehead atoms. The minimum absolute atomic E-state index is 0.100. The number of benzene rings is 1. The lowest BCUT2D eigenvalue weighted by Crippen LogP contribution is -2.28. The molecular weight excluding hydrogens is 262 g/mol. The first-order chi connectivity index (χ1) is 9.06. The fraction of sp³-hybridized carbons (Fsp3) is 0.385.